The number of carboxylic acids is 1. The second-order valence-corrected chi connectivity index (χ2v) is 8.20. The van der Waals surface area contributed by atoms with Crippen molar-refractivity contribution in [2.24, 2.45) is 11.7 Å². The predicted molar refractivity (Wildman–Crippen MR) is 122 cm³/mol. The Morgan fingerprint density at radius 2 is 1.50 bits per heavy atom. The summed E-state index contributed by atoms with van der Waals surface area (Å²) in [5, 5.41) is 26.7. The molecule has 1 rings (SSSR count). The number of carbonyl (C=O) groups is 4. The van der Waals surface area contributed by atoms with Crippen molar-refractivity contribution in [3.8, 4) is 0 Å². The SMILES string of the molecule is CC(C)C(NC(=O)C(Cc1ccccc1)NC(=O)C(NC(=O)C(N)CS)C(C)O)C(=O)O. The highest BCUT2D eigenvalue weighted by atomic mass is 32.1. The first kappa shape index (κ1) is 27.4. The molecule has 0 spiro atoms. The van der Waals surface area contributed by atoms with E-state index in [0.29, 0.717) is 0 Å². The van der Waals surface area contributed by atoms with Crippen molar-refractivity contribution >= 4 is 36.3 Å². The fourth-order valence-corrected chi connectivity index (χ4v) is 3.00. The summed E-state index contributed by atoms with van der Waals surface area (Å²) in [6.07, 6.45) is -1.21. The molecule has 0 aromatic heterocycles. The zero-order valence-electron chi connectivity index (χ0n) is 18.3. The second-order valence-electron chi connectivity index (χ2n) is 7.84. The molecule has 3 amide bonds. The smallest absolute Gasteiger partial charge is 0.326 e. The maximum atomic E-state index is 12.9. The maximum absolute atomic E-state index is 12.9. The number of amides is 3. The lowest BCUT2D eigenvalue weighted by molar-refractivity contribution is -0.143. The molecule has 0 fully saturated rings. The van der Waals surface area contributed by atoms with E-state index in [-0.39, 0.29) is 12.2 Å². The zero-order valence-corrected chi connectivity index (χ0v) is 19.2. The van der Waals surface area contributed by atoms with Gasteiger partial charge in [0, 0.05) is 12.2 Å². The summed E-state index contributed by atoms with van der Waals surface area (Å²) < 4.78 is 0. The highest BCUT2D eigenvalue weighted by molar-refractivity contribution is 7.80. The van der Waals surface area contributed by atoms with Gasteiger partial charge in [-0.15, -0.1) is 0 Å². The van der Waals surface area contributed by atoms with Gasteiger partial charge in [0.25, 0.3) is 0 Å². The number of carboxylic acid groups (broad SMARTS) is 1. The van der Waals surface area contributed by atoms with Crippen LogP contribution in [0, 0.1) is 5.92 Å². The van der Waals surface area contributed by atoms with Gasteiger partial charge in [0.1, 0.15) is 18.1 Å². The number of hydrogen-bond acceptors (Lipinski definition) is 7. The van der Waals surface area contributed by atoms with E-state index in [2.05, 4.69) is 28.6 Å². The summed E-state index contributed by atoms with van der Waals surface area (Å²) in [5.74, 6) is -3.76. The summed E-state index contributed by atoms with van der Waals surface area (Å²) in [4.78, 5) is 49.3. The monoisotopic (exact) mass is 468 g/mol. The van der Waals surface area contributed by atoms with Crippen LogP contribution in [0.15, 0.2) is 30.3 Å². The van der Waals surface area contributed by atoms with E-state index < -0.39 is 59.9 Å². The van der Waals surface area contributed by atoms with E-state index in [1.165, 1.54) is 6.92 Å². The molecule has 0 radical (unpaired) electrons. The van der Waals surface area contributed by atoms with Crippen molar-refractivity contribution in [2.75, 3.05) is 5.75 Å². The number of aliphatic carboxylic acids is 1. The number of thiol groups is 1. The Morgan fingerprint density at radius 3 is 1.97 bits per heavy atom. The van der Waals surface area contributed by atoms with E-state index in [0.717, 1.165) is 5.56 Å². The molecule has 0 aliphatic heterocycles. The minimum absolute atomic E-state index is 0.0325. The summed E-state index contributed by atoms with van der Waals surface area (Å²) in [7, 11) is 0. The summed E-state index contributed by atoms with van der Waals surface area (Å²) >= 11 is 3.93. The number of carbonyl (C=O) groups excluding carboxylic acids is 3. The van der Waals surface area contributed by atoms with E-state index >= 15 is 0 Å². The van der Waals surface area contributed by atoms with Gasteiger partial charge in [0.15, 0.2) is 0 Å². The summed E-state index contributed by atoms with van der Waals surface area (Å²) in [6, 6.07) is 4.15. The Bertz CT molecular complexity index is 790. The van der Waals surface area contributed by atoms with Gasteiger partial charge in [0.05, 0.1) is 12.1 Å². The van der Waals surface area contributed by atoms with Crippen LogP contribution in [-0.4, -0.2) is 69.9 Å². The van der Waals surface area contributed by atoms with Crippen LogP contribution in [0.1, 0.15) is 26.3 Å². The van der Waals surface area contributed by atoms with Crippen LogP contribution in [0.3, 0.4) is 0 Å². The van der Waals surface area contributed by atoms with E-state index in [4.69, 9.17) is 5.73 Å². The first-order valence-electron chi connectivity index (χ1n) is 10.2. The lowest BCUT2D eigenvalue weighted by Crippen LogP contribution is -2.60. The van der Waals surface area contributed by atoms with Gasteiger partial charge in [-0.1, -0.05) is 44.2 Å². The molecule has 1 aromatic rings. The molecule has 178 valence electrons. The molecule has 0 aliphatic carbocycles. The largest absolute Gasteiger partial charge is 0.480 e. The normalized spacial score (nSPS) is 15.7. The molecule has 1 aromatic carbocycles. The third kappa shape index (κ3) is 8.48. The standard InChI is InChI=1S/C21H32N4O6S/c1-11(2)16(21(30)31)24-19(28)15(9-13-7-5-4-6-8-13)23-20(29)17(12(3)26)25-18(27)14(22)10-32/h4-8,11-12,14-17,26,32H,9-10,22H2,1-3H3,(H,23,29)(H,24,28)(H,25,27)(H,30,31). The fourth-order valence-electron chi connectivity index (χ4n) is 2.84. The van der Waals surface area contributed by atoms with Crippen LogP contribution in [0.2, 0.25) is 0 Å². The number of hydrogen-bond donors (Lipinski definition) is 7. The second kappa shape index (κ2) is 13.0. The molecule has 0 bridgehead atoms. The molecule has 11 heteroatoms. The molecular formula is C21H32N4O6S. The Kier molecular flexibility index (Phi) is 11.2. The Morgan fingerprint density at radius 1 is 0.938 bits per heavy atom. The third-order valence-electron chi connectivity index (χ3n) is 4.74. The van der Waals surface area contributed by atoms with E-state index in [1.54, 1.807) is 44.2 Å². The van der Waals surface area contributed by atoms with Crippen molar-refractivity contribution in [1.82, 2.24) is 16.0 Å². The molecule has 0 heterocycles. The van der Waals surface area contributed by atoms with Crippen molar-refractivity contribution in [3.63, 3.8) is 0 Å². The number of nitrogens with one attached hydrogen (secondary N) is 3. The van der Waals surface area contributed by atoms with E-state index in [9.17, 15) is 29.4 Å². The fraction of sp³-hybridized carbons (Fsp3) is 0.524. The number of rotatable bonds is 12. The summed E-state index contributed by atoms with van der Waals surface area (Å²) in [5.41, 5.74) is 6.33. The molecule has 7 N–H and O–H groups in total. The molecule has 0 saturated heterocycles. The number of benzene rings is 1. The molecule has 5 atom stereocenters. The van der Waals surface area contributed by atoms with Crippen LogP contribution in [0.25, 0.3) is 0 Å². The Hall–Kier alpha value is -2.63. The summed E-state index contributed by atoms with van der Waals surface area (Å²) in [6.45, 7) is 4.60. The third-order valence-corrected chi connectivity index (χ3v) is 5.14. The van der Waals surface area contributed by atoms with Crippen LogP contribution in [-0.2, 0) is 25.6 Å². The molecular weight excluding hydrogens is 436 g/mol. The van der Waals surface area contributed by atoms with Crippen LogP contribution >= 0.6 is 12.6 Å². The van der Waals surface area contributed by atoms with Crippen LogP contribution in [0.4, 0.5) is 0 Å². The van der Waals surface area contributed by atoms with Gasteiger partial charge in [-0.05, 0) is 18.4 Å². The van der Waals surface area contributed by atoms with Gasteiger partial charge in [-0.3, -0.25) is 14.4 Å². The highest BCUT2D eigenvalue weighted by Gasteiger charge is 2.33. The molecule has 10 nitrogen and oxygen atoms in total. The van der Waals surface area contributed by atoms with Gasteiger partial charge < -0.3 is 31.9 Å². The van der Waals surface area contributed by atoms with Gasteiger partial charge in [-0.25, -0.2) is 4.79 Å². The van der Waals surface area contributed by atoms with Gasteiger partial charge in [0.2, 0.25) is 17.7 Å². The quantitative estimate of drug-likeness (QED) is 0.194. The van der Waals surface area contributed by atoms with E-state index in [1.807, 2.05) is 0 Å². The topological polar surface area (TPSA) is 171 Å². The number of aliphatic hydroxyl groups excluding tert-OH is 1. The average Bonchev–Trinajstić information content (AvgIpc) is 2.74. The van der Waals surface area contributed by atoms with Crippen molar-refractivity contribution in [1.29, 1.82) is 0 Å². The minimum Gasteiger partial charge on any atom is -0.480 e. The first-order chi connectivity index (χ1) is 15.0. The Labute approximate surface area is 192 Å². The minimum atomic E-state index is -1.38. The van der Waals surface area contributed by atoms with Crippen molar-refractivity contribution in [2.45, 2.75) is 57.5 Å². The molecule has 5 unspecified atom stereocenters. The number of nitrogens with two attached hydrogens (primary N) is 1. The highest BCUT2D eigenvalue weighted by Crippen LogP contribution is 2.08. The van der Waals surface area contributed by atoms with Crippen molar-refractivity contribution in [3.05, 3.63) is 35.9 Å². The lowest BCUT2D eigenvalue weighted by atomic mass is 10.0. The maximum Gasteiger partial charge on any atom is 0.326 e. The molecule has 0 saturated carbocycles. The predicted octanol–water partition coefficient (Wildman–Crippen LogP) is -0.938. The van der Waals surface area contributed by atoms with Crippen LogP contribution in [0.5, 0.6) is 0 Å². The van der Waals surface area contributed by atoms with Gasteiger partial charge >= 0.3 is 5.97 Å². The molecule has 32 heavy (non-hydrogen) atoms. The van der Waals surface area contributed by atoms with Gasteiger partial charge in [-0.2, -0.15) is 12.6 Å². The number of aliphatic hydroxyl groups is 1. The first-order valence-corrected chi connectivity index (χ1v) is 10.8. The van der Waals surface area contributed by atoms with Crippen molar-refractivity contribution < 1.29 is 29.4 Å². The Balaban J connectivity index is 3.09. The lowest BCUT2D eigenvalue weighted by Gasteiger charge is -2.27. The average molecular weight is 469 g/mol. The molecule has 0 aliphatic rings. The van der Waals surface area contributed by atoms with Crippen LogP contribution < -0.4 is 21.7 Å². The zero-order chi connectivity index (χ0) is 24.4.